The Bertz CT molecular complexity index is 1230. The summed E-state index contributed by atoms with van der Waals surface area (Å²) in [6.07, 6.45) is 0. The number of amides is 1. The fourth-order valence-corrected chi connectivity index (χ4v) is 4.13. The number of nitrogens with zero attached hydrogens (tertiary/aromatic N) is 1. The molecule has 1 amide bonds. The fourth-order valence-electron chi connectivity index (χ4n) is 3.47. The molecule has 27 heavy (non-hydrogen) atoms. The van der Waals surface area contributed by atoms with E-state index in [1.165, 1.54) is 12.1 Å². The molecule has 0 fully saturated rings. The highest BCUT2D eigenvalue weighted by molar-refractivity contribution is 7.16. The molecule has 1 aliphatic heterocycles. The Hall–Kier alpha value is -3.12. The van der Waals surface area contributed by atoms with Crippen molar-refractivity contribution in [3.8, 4) is 22.3 Å². The van der Waals surface area contributed by atoms with Gasteiger partial charge in [0.05, 0.1) is 15.7 Å². The lowest BCUT2D eigenvalue weighted by Crippen LogP contribution is -2.12. The minimum atomic E-state index is -0.663. The van der Waals surface area contributed by atoms with Crippen molar-refractivity contribution in [2.75, 3.05) is 0 Å². The number of carbonyl (C=O) groups is 1. The molecule has 0 atom stereocenters. The Balaban J connectivity index is 1.80. The third kappa shape index (κ3) is 2.61. The van der Waals surface area contributed by atoms with Crippen LogP contribution < -0.4 is 5.32 Å². The molecule has 6 heteroatoms. The van der Waals surface area contributed by atoms with Crippen LogP contribution in [0.25, 0.3) is 32.5 Å². The smallest absolute Gasteiger partial charge is 0.251 e. The van der Waals surface area contributed by atoms with Crippen molar-refractivity contribution in [3.63, 3.8) is 0 Å². The third-order valence-corrected chi connectivity index (χ3v) is 5.60. The number of halogens is 2. The van der Waals surface area contributed by atoms with Crippen LogP contribution in [-0.4, -0.2) is 10.9 Å². The first-order valence-electron chi connectivity index (χ1n) is 8.34. The van der Waals surface area contributed by atoms with E-state index in [1.54, 1.807) is 22.9 Å². The predicted molar refractivity (Wildman–Crippen MR) is 102 cm³/mol. The topological polar surface area (TPSA) is 42.0 Å². The van der Waals surface area contributed by atoms with Crippen molar-refractivity contribution < 1.29 is 13.6 Å². The van der Waals surface area contributed by atoms with E-state index in [0.29, 0.717) is 17.7 Å². The predicted octanol–water partition coefficient (Wildman–Crippen LogP) is 5.15. The summed E-state index contributed by atoms with van der Waals surface area (Å²) in [4.78, 5) is 16.5. The zero-order valence-electron chi connectivity index (χ0n) is 13.9. The van der Waals surface area contributed by atoms with E-state index < -0.39 is 11.6 Å². The molecule has 0 radical (unpaired) electrons. The summed E-state index contributed by atoms with van der Waals surface area (Å²) in [5.41, 5.74) is 6.48. The van der Waals surface area contributed by atoms with Gasteiger partial charge in [0.15, 0.2) is 0 Å². The standard InChI is InChI=1S/C21H12F2N2OS/c22-13-2-3-14(18(23)7-13)17-8-16-12(9-24-21(16)26)5-15(17)11-1-4-20-19(6-11)25-10-27-20/h1-8,10H,9H2,(H,24,26). The average Bonchev–Trinajstić information content (AvgIpc) is 3.27. The van der Waals surface area contributed by atoms with E-state index in [9.17, 15) is 13.6 Å². The van der Waals surface area contributed by atoms with Gasteiger partial charge in [-0.25, -0.2) is 13.8 Å². The van der Waals surface area contributed by atoms with Crippen molar-refractivity contribution in [3.05, 3.63) is 76.8 Å². The number of benzene rings is 3. The molecular formula is C21H12F2N2OS. The van der Waals surface area contributed by atoms with Gasteiger partial charge in [-0.2, -0.15) is 0 Å². The highest BCUT2D eigenvalue weighted by Crippen LogP contribution is 2.38. The van der Waals surface area contributed by atoms with Gasteiger partial charge in [-0.05, 0) is 58.7 Å². The first-order chi connectivity index (χ1) is 13.1. The molecule has 0 saturated carbocycles. The summed E-state index contributed by atoms with van der Waals surface area (Å²) in [5, 5.41) is 2.79. The molecule has 1 aliphatic rings. The Morgan fingerprint density at radius 1 is 0.926 bits per heavy atom. The van der Waals surface area contributed by atoms with Crippen LogP contribution in [0.3, 0.4) is 0 Å². The van der Waals surface area contributed by atoms with Crippen LogP contribution in [-0.2, 0) is 6.54 Å². The van der Waals surface area contributed by atoms with Gasteiger partial charge < -0.3 is 5.32 Å². The first-order valence-corrected chi connectivity index (χ1v) is 9.22. The van der Waals surface area contributed by atoms with E-state index in [1.807, 2.05) is 24.3 Å². The van der Waals surface area contributed by atoms with Crippen molar-refractivity contribution in [2.24, 2.45) is 0 Å². The fraction of sp³-hybridized carbons (Fsp3) is 0.0476. The van der Waals surface area contributed by atoms with E-state index >= 15 is 0 Å². The summed E-state index contributed by atoms with van der Waals surface area (Å²) in [6, 6.07) is 13.0. The number of thiazole rings is 1. The lowest BCUT2D eigenvalue weighted by atomic mass is 9.90. The Morgan fingerprint density at radius 3 is 2.67 bits per heavy atom. The Kier molecular flexibility index (Phi) is 3.55. The summed E-state index contributed by atoms with van der Waals surface area (Å²) in [5.74, 6) is -1.49. The summed E-state index contributed by atoms with van der Waals surface area (Å²) in [6.45, 7) is 0.437. The van der Waals surface area contributed by atoms with Crippen LogP contribution in [0, 0.1) is 11.6 Å². The van der Waals surface area contributed by atoms with Gasteiger partial charge in [0.1, 0.15) is 11.6 Å². The zero-order valence-corrected chi connectivity index (χ0v) is 14.7. The highest BCUT2D eigenvalue weighted by Gasteiger charge is 2.23. The van der Waals surface area contributed by atoms with Crippen LogP contribution in [0.1, 0.15) is 15.9 Å². The van der Waals surface area contributed by atoms with Gasteiger partial charge in [0, 0.05) is 23.7 Å². The van der Waals surface area contributed by atoms with E-state index in [4.69, 9.17) is 0 Å². The largest absolute Gasteiger partial charge is 0.348 e. The maximum absolute atomic E-state index is 14.5. The summed E-state index contributed by atoms with van der Waals surface area (Å²) >= 11 is 1.55. The van der Waals surface area contributed by atoms with Crippen molar-refractivity contribution >= 4 is 27.5 Å². The van der Waals surface area contributed by atoms with Gasteiger partial charge in [-0.3, -0.25) is 4.79 Å². The van der Waals surface area contributed by atoms with Crippen molar-refractivity contribution in [2.45, 2.75) is 6.54 Å². The van der Waals surface area contributed by atoms with Crippen LogP contribution in [0.15, 0.2) is 54.0 Å². The number of nitrogens with one attached hydrogen (secondary N) is 1. The maximum atomic E-state index is 14.5. The molecule has 0 aliphatic carbocycles. The molecule has 0 unspecified atom stereocenters. The quantitative estimate of drug-likeness (QED) is 0.524. The SMILES string of the molecule is O=C1NCc2cc(-c3ccc4scnc4c3)c(-c3ccc(F)cc3F)cc21. The third-order valence-electron chi connectivity index (χ3n) is 4.79. The van der Waals surface area contributed by atoms with Crippen molar-refractivity contribution in [1.29, 1.82) is 0 Å². The normalized spacial score (nSPS) is 13.0. The highest BCUT2D eigenvalue weighted by atomic mass is 32.1. The van der Waals surface area contributed by atoms with Crippen LogP contribution in [0.5, 0.6) is 0 Å². The second kappa shape index (κ2) is 5.96. The molecule has 5 rings (SSSR count). The Morgan fingerprint density at radius 2 is 1.81 bits per heavy atom. The molecular weight excluding hydrogens is 366 g/mol. The minimum Gasteiger partial charge on any atom is -0.348 e. The Labute approximate surface area is 157 Å². The van der Waals surface area contributed by atoms with Gasteiger partial charge in [-0.15, -0.1) is 11.3 Å². The number of carbonyl (C=O) groups excluding carboxylic acids is 1. The van der Waals surface area contributed by atoms with Crippen LogP contribution >= 0.6 is 11.3 Å². The molecule has 0 saturated heterocycles. The summed E-state index contributed by atoms with van der Waals surface area (Å²) < 4.78 is 29.0. The zero-order chi connectivity index (χ0) is 18.5. The minimum absolute atomic E-state index is 0.185. The molecule has 132 valence electrons. The van der Waals surface area contributed by atoms with E-state index in [-0.39, 0.29) is 11.5 Å². The van der Waals surface area contributed by atoms with E-state index in [0.717, 1.165) is 33.0 Å². The van der Waals surface area contributed by atoms with Crippen molar-refractivity contribution in [1.82, 2.24) is 10.3 Å². The number of rotatable bonds is 2. The molecule has 1 aromatic heterocycles. The first kappa shape index (κ1) is 16.1. The van der Waals surface area contributed by atoms with Gasteiger partial charge in [-0.1, -0.05) is 6.07 Å². The lowest BCUT2D eigenvalue weighted by molar-refractivity contribution is 0.0966. The number of hydrogen-bond acceptors (Lipinski definition) is 3. The monoisotopic (exact) mass is 378 g/mol. The number of aromatic nitrogens is 1. The second-order valence-electron chi connectivity index (χ2n) is 6.40. The van der Waals surface area contributed by atoms with Gasteiger partial charge in [0.2, 0.25) is 0 Å². The maximum Gasteiger partial charge on any atom is 0.251 e. The molecule has 2 heterocycles. The number of fused-ring (bicyclic) bond motifs is 2. The molecule has 4 aromatic rings. The molecule has 1 N–H and O–H groups in total. The molecule has 3 nitrogen and oxygen atoms in total. The lowest BCUT2D eigenvalue weighted by Gasteiger charge is -2.13. The second-order valence-corrected chi connectivity index (χ2v) is 7.28. The van der Waals surface area contributed by atoms with Crippen LogP contribution in [0.4, 0.5) is 8.78 Å². The molecule has 0 spiro atoms. The summed E-state index contributed by atoms with van der Waals surface area (Å²) in [7, 11) is 0. The van der Waals surface area contributed by atoms with Gasteiger partial charge >= 0.3 is 0 Å². The average molecular weight is 378 g/mol. The molecule has 0 bridgehead atoms. The van der Waals surface area contributed by atoms with Gasteiger partial charge in [0.25, 0.3) is 5.91 Å². The molecule has 3 aromatic carbocycles. The van der Waals surface area contributed by atoms with Crippen LogP contribution in [0.2, 0.25) is 0 Å². The number of hydrogen-bond donors (Lipinski definition) is 1. The van der Waals surface area contributed by atoms with E-state index in [2.05, 4.69) is 10.3 Å².